The second kappa shape index (κ2) is 3.69. The number of nitrogens with one attached hydrogen (secondary N) is 1. The number of hydrogen-bond donors (Lipinski definition) is 1. The molecule has 0 amide bonds. The Hall–Kier alpha value is -0.600. The van der Waals surface area contributed by atoms with E-state index in [0.29, 0.717) is 0 Å². The molecule has 60 valence electrons. The summed E-state index contributed by atoms with van der Waals surface area (Å²) in [6.07, 6.45) is 0. The van der Waals surface area contributed by atoms with Gasteiger partial charge in [-0.3, -0.25) is 0 Å². The molecule has 11 heavy (non-hydrogen) atoms. The van der Waals surface area contributed by atoms with Gasteiger partial charge in [-0.25, -0.2) is 4.39 Å². The van der Waals surface area contributed by atoms with Crippen molar-refractivity contribution in [2.24, 2.45) is 0 Å². The van der Waals surface area contributed by atoms with Crippen molar-refractivity contribution >= 4 is 11.6 Å². The molecular formula is C8H9ClFN. The highest BCUT2D eigenvalue weighted by Gasteiger charge is 2.03. The lowest BCUT2D eigenvalue weighted by Crippen LogP contribution is -2.09. The summed E-state index contributed by atoms with van der Waals surface area (Å²) in [5.41, 5.74) is 0.430. The van der Waals surface area contributed by atoms with Crippen molar-refractivity contribution in [3.05, 3.63) is 35.6 Å². The standard InChI is InChI=1S/C8H9ClFN/c1-11-8(9)6-3-2-4-7(10)5-6/h2-5,8,11H,1H3. The van der Waals surface area contributed by atoms with Gasteiger partial charge in [0.25, 0.3) is 0 Å². The van der Waals surface area contributed by atoms with E-state index < -0.39 is 0 Å². The summed E-state index contributed by atoms with van der Waals surface area (Å²) in [7, 11) is 1.72. The molecule has 0 aromatic heterocycles. The molecule has 0 saturated carbocycles. The van der Waals surface area contributed by atoms with E-state index in [2.05, 4.69) is 5.32 Å². The van der Waals surface area contributed by atoms with E-state index in [1.807, 2.05) is 0 Å². The van der Waals surface area contributed by atoms with Crippen molar-refractivity contribution in [1.29, 1.82) is 0 Å². The molecule has 0 saturated heterocycles. The van der Waals surface area contributed by atoms with Crippen LogP contribution >= 0.6 is 11.6 Å². The van der Waals surface area contributed by atoms with Crippen LogP contribution in [-0.2, 0) is 0 Å². The third-order valence-corrected chi connectivity index (χ3v) is 1.86. The molecule has 1 N–H and O–H groups in total. The summed E-state index contributed by atoms with van der Waals surface area (Å²) < 4.78 is 12.6. The maximum absolute atomic E-state index is 12.6. The van der Waals surface area contributed by atoms with Gasteiger partial charge in [0.15, 0.2) is 0 Å². The Labute approximate surface area is 70.2 Å². The molecule has 1 nitrogen and oxygen atoms in total. The first-order valence-corrected chi connectivity index (χ1v) is 3.74. The number of alkyl halides is 1. The minimum Gasteiger partial charge on any atom is -0.301 e. The van der Waals surface area contributed by atoms with E-state index in [9.17, 15) is 4.39 Å². The summed E-state index contributed by atoms with van der Waals surface area (Å²) in [6, 6.07) is 6.21. The highest BCUT2D eigenvalue weighted by molar-refractivity contribution is 6.20. The minimum atomic E-state index is -0.314. The van der Waals surface area contributed by atoms with Gasteiger partial charge < -0.3 is 5.32 Å². The largest absolute Gasteiger partial charge is 0.301 e. The average Bonchev–Trinajstić information content (AvgIpc) is 2.03. The smallest absolute Gasteiger partial charge is 0.123 e. The summed E-state index contributed by atoms with van der Waals surface area (Å²) in [5, 5.41) is 2.81. The number of rotatable bonds is 2. The van der Waals surface area contributed by atoms with E-state index in [1.54, 1.807) is 19.2 Å². The Balaban J connectivity index is 2.86. The van der Waals surface area contributed by atoms with Crippen molar-refractivity contribution in [3.8, 4) is 0 Å². The molecule has 0 aliphatic carbocycles. The molecule has 0 aliphatic heterocycles. The Bertz CT molecular complexity index is 239. The Kier molecular flexibility index (Phi) is 2.85. The van der Waals surface area contributed by atoms with Gasteiger partial charge in [-0.15, -0.1) is 11.6 Å². The molecule has 0 aliphatic rings. The normalized spacial score (nSPS) is 13.0. The van der Waals surface area contributed by atoms with Crippen LogP contribution in [0.25, 0.3) is 0 Å². The van der Waals surface area contributed by atoms with Gasteiger partial charge in [0.05, 0.1) is 0 Å². The molecule has 1 unspecified atom stereocenters. The second-order valence-corrected chi connectivity index (χ2v) is 2.64. The van der Waals surface area contributed by atoms with Crippen molar-refractivity contribution < 1.29 is 4.39 Å². The predicted octanol–water partition coefficient (Wildman–Crippen LogP) is 2.28. The first kappa shape index (κ1) is 8.50. The molecule has 1 aromatic rings. The van der Waals surface area contributed by atoms with Crippen molar-refractivity contribution in [1.82, 2.24) is 5.32 Å². The van der Waals surface area contributed by atoms with Crippen molar-refractivity contribution in [3.63, 3.8) is 0 Å². The van der Waals surface area contributed by atoms with E-state index in [1.165, 1.54) is 12.1 Å². The molecular weight excluding hydrogens is 165 g/mol. The first-order chi connectivity index (χ1) is 5.24. The van der Waals surface area contributed by atoms with Crippen LogP contribution in [0.3, 0.4) is 0 Å². The Morgan fingerprint density at radius 3 is 2.82 bits per heavy atom. The fourth-order valence-electron chi connectivity index (χ4n) is 0.831. The van der Waals surface area contributed by atoms with Crippen LogP contribution in [0.4, 0.5) is 4.39 Å². The molecule has 0 fully saturated rings. The van der Waals surface area contributed by atoms with Crippen LogP contribution < -0.4 is 5.32 Å². The maximum atomic E-state index is 12.6. The fraction of sp³-hybridized carbons (Fsp3) is 0.250. The van der Waals surface area contributed by atoms with Crippen LogP contribution in [-0.4, -0.2) is 7.05 Å². The summed E-state index contributed by atoms with van der Waals surface area (Å²) in [5.74, 6) is -0.261. The molecule has 3 heteroatoms. The zero-order chi connectivity index (χ0) is 8.27. The van der Waals surface area contributed by atoms with Crippen LogP contribution in [0.5, 0.6) is 0 Å². The number of benzene rings is 1. The third kappa shape index (κ3) is 2.17. The highest BCUT2D eigenvalue weighted by atomic mass is 35.5. The molecule has 0 heterocycles. The van der Waals surface area contributed by atoms with Crippen LogP contribution in [0, 0.1) is 5.82 Å². The zero-order valence-electron chi connectivity index (χ0n) is 6.14. The van der Waals surface area contributed by atoms with Gasteiger partial charge in [0, 0.05) is 0 Å². The lowest BCUT2D eigenvalue weighted by molar-refractivity contribution is 0.623. The van der Waals surface area contributed by atoms with Gasteiger partial charge in [-0.05, 0) is 24.7 Å². The lowest BCUT2D eigenvalue weighted by Gasteiger charge is -2.06. The topological polar surface area (TPSA) is 12.0 Å². The van der Waals surface area contributed by atoms with Gasteiger partial charge >= 0.3 is 0 Å². The second-order valence-electron chi connectivity index (χ2n) is 2.21. The van der Waals surface area contributed by atoms with Crippen LogP contribution in [0.1, 0.15) is 11.1 Å². The molecule has 0 radical (unpaired) electrons. The van der Waals surface area contributed by atoms with Gasteiger partial charge in [0.2, 0.25) is 0 Å². The minimum absolute atomic E-state index is 0.261. The predicted molar refractivity (Wildman–Crippen MR) is 44.1 cm³/mol. The van der Waals surface area contributed by atoms with E-state index in [4.69, 9.17) is 11.6 Å². The molecule has 0 spiro atoms. The van der Waals surface area contributed by atoms with E-state index in [-0.39, 0.29) is 11.3 Å². The highest BCUT2D eigenvalue weighted by Crippen LogP contribution is 2.16. The molecule has 0 bridgehead atoms. The first-order valence-electron chi connectivity index (χ1n) is 3.31. The molecule has 1 aromatic carbocycles. The van der Waals surface area contributed by atoms with Crippen molar-refractivity contribution in [2.75, 3.05) is 7.05 Å². The molecule has 1 atom stereocenters. The maximum Gasteiger partial charge on any atom is 0.123 e. The monoisotopic (exact) mass is 173 g/mol. The number of halogens is 2. The SMILES string of the molecule is CNC(Cl)c1cccc(F)c1. The summed E-state index contributed by atoms with van der Waals surface area (Å²) in [4.78, 5) is 0. The fourth-order valence-corrected chi connectivity index (χ4v) is 0.967. The summed E-state index contributed by atoms with van der Waals surface area (Å²) in [6.45, 7) is 0. The summed E-state index contributed by atoms with van der Waals surface area (Å²) >= 11 is 5.78. The average molecular weight is 174 g/mol. The van der Waals surface area contributed by atoms with E-state index in [0.717, 1.165) is 5.56 Å². The van der Waals surface area contributed by atoms with Gasteiger partial charge in [-0.2, -0.15) is 0 Å². The Morgan fingerprint density at radius 2 is 2.27 bits per heavy atom. The Morgan fingerprint density at radius 1 is 1.55 bits per heavy atom. The van der Waals surface area contributed by atoms with Crippen LogP contribution in [0.15, 0.2) is 24.3 Å². The lowest BCUT2D eigenvalue weighted by atomic mass is 10.2. The molecule has 1 rings (SSSR count). The quantitative estimate of drug-likeness (QED) is 0.535. The van der Waals surface area contributed by atoms with E-state index >= 15 is 0 Å². The zero-order valence-corrected chi connectivity index (χ0v) is 6.90. The van der Waals surface area contributed by atoms with Gasteiger partial charge in [-0.1, -0.05) is 12.1 Å². The van der Waals surface area contributed by atoms with Gasteiger partial charge in [0.1, 0.15) is 11.3 Å². The number of hydrogen-bond acceptors (Lipinski definition) is 1. The van der Waals surface area contributed by atoms with Crippen LogP contribution in [0.2, 0.25) is 0 Å². The van der Waals surface area contributed by atoms with Crippen molar-refractivity contribution in [2.45, 2.75) is 5.50 Å². The third-order valence-electron chi connectivity index (χ3n) is 1.39.